The van der Waals surface area contributed by atoms with Crippen LogP contribution in [0.3, 0.4) is 0 Å². The van der Waals surface area contributed by atoms with Gasteiger partial charge in [0, 0.05) is 36.5 Å². The molecule has 1 unspecified atom stereocenters. The number of para-hydroxylation sites is 1. The van der Waals surface area contributed by atoms with Gasteiger partial charge in [0.2, 0.25) is 0 Å². The van der Waals surface area contributed by atoms with Gasteiger partial charge in [-0.15, -0.1) is 0 Å². The van der Waals surface area contributed by atoms with Gasteiger partial charge in [-0.2, -0.15) is 0 Å². The smallest absolute Gasteiger partial charge is 0.332 e. The summed E-state index contributed by atoms with van der Waals surface area (Å²) in [5.41, 5.74) is 2.55. The lowest BCUT2D eigenvalue weighted by molar-refractivity contribution is -0.146. The highest BCUT2D eigenvalue weighted by atomic mass is 16.5. The molecule has 6 heteroatoms. The number of hydrogen-bond acceptors (Lipinski definition) is 5. The maximum atomic E-state index is 14.1. The van der Waals surface area contributed by atoms with E-state index in [4.69, 9.17) is 9.47 Å². The largest absolute Gasteiger partial charge is 0.496 e. The molecule has 0 aliphatic carbocycles. The van der Waals surface area contributed by atoms with Crippen LogP contribution in [0.15, 0.2) is 67.0 Å². The Hall–Kier alpha value is -3.67. The van der Waals surface area contributed by atoms with Crippen LogP contribution in [0.2, 0.25) is 0 Å². The molecule has 0 fully saturated rings. The van der Waals surface area contributed by atoms with Crippen LogP contribution < -0.4 is 9.64 Å². The molecule has 0 saturated carbocycles. The molecule has 0 radical (unpaired) electrons. The topological polar surface area (TPSA) is 68.7 Å². The van der Waals surface area contributed by atoms with Crippen molar-refractivity contribution < 1.29 is 19.1 Å². The summed E-state index contributed by atoms with van der Waals surface area (Å²) in [5.74, 6) is -0.0982. The molecular formula is C28H30N2O4. The molecule has 176 valence electrons. The summed E-state index contributed by atoms with van der Waals surface area (Å²) in [6.07, 6.45) is 4.04. The summed E-state index contributed by atoms with van der Waals surface area (Å²) < 4.78 is 10.9. The average Bonchev–Trinajstić information content (AvgIpc) is 3.17. The average molecular weight is 459 g/mol. The lowest BCUT2D eigenvalue weighted by atomic mass is 9.85. The van der Waals surface area contributed by atoms with Crippen molar-refractivity contribution in [3.63, 3.8) is 0 Å². The molecule has 6 nitrogen and oxygen atoms in total. The Labute approximate surface area is 200 Å². The van der Waals surface area contributed by atoms with Crippen LogP contribution in [0.4, 0.5) is 5.69 Å². The highest BCUT2D eigenvalue weighted by molar-refractivity contribution is 6.13. The quantitative estimate of drug-likeness (QED) is 0.517. The number of anilines is 1. The standard InChI is InChI=1S/C28H30N2O4/c1-27(2,3)22-13-12-20(15-24(22)33-4)25(31)30-23-11-7-6-10-21(23)17-28(30,26(32)34-5)16-19-9-8-14-29-18-19/h6-15,18H,16-17H2,1-5H3. The zero-order valence-corrected chi connectivity index (χ0v) is 20.3. The Morgan fingerprint density at radius 3 is 2.47 bits per heavy atom. The van der Waals surface area contributed by atoms with E-state index in [1.165, 1.54) is 7.11 Å². The summed E-state index contributed by atoms with van der Waals surface area (Å²) in [7, 11) is 2.96. The summed E-state index contributed by atoms with van der Waals surface area (Å²) in [6, 6.07) is 16.8. The highest BCUT2D eigenvalue weighted by Crippen LogP contribution is 2.43. The monoisotopic (exact) mass is 458 g/mol. The third-order valence-corrected chi connectivity index (χ3v) is 6.39. The van der Waals surface area contributed by atoms with Crippen LogP contribution in [-0.4, -0.2) is 36.6 Å². The maximum absolute atomic E-state index is 14.1. The van der Waals surface area contributed by atoms with E-state index < -0.39 is 11.5 Å². The van der Waals surface area contributed by atoms with E-state index in [1.807, 2.05) is 42.5 Å². The van der Waals surface area contributed by atoms with Crippen molar-refractivity contribution >= 4 is 17.6 Å². The molecule has 1 aromatic heterocycles. The molecule has 0 saturated heterocycles. The Morgan fingerprint density at radius 1 is 1.06 bits per heavy atom. The Bertz CT molecular complexity index is 1220. The molecule has 0 N–H and O–H groups in total. The zero-order chi connectivity index (χ0) is 24.5. The van der Waals surface area contributed by atoms with E-state index in [9.17, 15) is 9.59 Å². The number of ether oxygens (including phenoxy) is 2. The van der Waals surface area contributed by atoms with Gasteiger partial charge in [0.25, 0.3) is 5.91 Å². The Balaban J connectivity index is 1.86. The van der Waals surface area contributed by atoms with Gasteiger partial charge < -0.3 is 9.47 Å². The summed E-state index contributed by atoms with van der Waals surface area (Å²) >= 11 is 0. The number of pyridine rings is 1. The van der Waals surface area contributed by atoms with Crippen molar-refractivity contribution in [2.24, 2.45) is 0 Å². The molecule has 1 amide bonds. The Morgan fingerprint density at radius 2 is 1.82 bits per heavy atom. The second-order valence-corrected chi connectivity index (χ2v) is 9.67. The molecular weight excluding hydrogens is 428 g/mol. The van der Waals surface area contributed by atoms with Crippen molar-refractivity contribution in [1.82, 2.24) is 4.98 Å². The minimum absolute atomic E-state index is 0.150. The van der Waals surface area contributed by atoms with Crippen LogP contribution in [0.1, 0.15) is 47.8 Å². The van der Waals surface area contributed by atoms with Crippen molar-refractivity contribution in [3.05, 3.63) is 89.2 Å². The number of carbonyl (C=O) groups excluding carboxylic acids is 2. The summed E-state index contributed by atoms with van der Waals surface area (Å²) in [4.78, 5) is 33.3. The van der Waals surface area contributed by atoms with Crippen molar-refractivity contribution in [3.8, 4) is 5.75 Å². The minimum atomic E-state index is -1.23. The molecule has 1 aliphatic rings. The number of hydrogen-bond donors (Lipinski definition) is 0. The summed E-state index contributed by atoms with van der Waals surface area (Å²) in [5, 5.41) is 0. The molecule has 2 heterocycles. The SMILES string of the molecule is COC(=O)C1(Cc2cccnc2)Cc2ccccc2N1C(=O)c1ccc(C(C)(C)C)c(OC)c1. The predicted octanol–water partition coefficient (Wildman–Crippen LogP) is 4.75. The first-order valence-corrected chi connectivity index (χ1v) is 11.3. The second kappa shape index (κ2) is 8.93. The fourth-order valence-electron chi connectivity index (χ4n) is 4.79. The number of carbonyl (C=O) groups is 2. The molecule has 2 aromatic carbocycles. The van der Waals surface area contributed by atoms with E-state index in [0.717, 1.165) is 16.7 Å². The first-order valence-electron chi connectivity index (χ1n) is 11.3. The van der Waals surface area contributed by atoms with Crippen LogP contribution in [0.5, 0.6) is 5.75 Å². The number of fused-ring (bicyclic) bond motifs is 1. The van der Waals surface area contributed by atoms with E-state index in [2.05, 4.69) is 25.8 Å². The molecule has 1 atom stereocenters. The van der Waals surface area contributed by atoms with Crippen LogP contribution in [-0.2, 0) is 27.8 Å². The lowest BCUT2D eigenvalue weighted by Crippen LogP contribution is -2.58. The first kappa shape index (κ1) is 23.5. The minimum Gasteiger partial charge on any atom is -0.496 e. The van der Waals surface area contributed by atoms with Crippen LogP contribution >= 0.6 is 0 Å². The molecule has 34 heavy (non-hydrogen) atoms. The fourth-order valence-corrected chi connectivity index (χ4v) is 4.79. The van der Waals surface area contributed by atoms with Gasteiger partial charge in [0.05, 0.1) is 14.2 Å². The van der Waals surface area contributed by atoms with Gasteiger partial charge in [0.15, 0.2) is 5.54 Å². The summed E-state index contributed by atoms with van der Waals surface area (Å²) in [6.45, 7) is 6.29. The highest BCUT2D eigenvalue weighted by Gasteiger charge is 2.53. The predicted molar refractivity (Wildman–Crippen MR) is 131 cm³/mol. The van der Waals surface area contributed by atoms with E-state index in [-0.39, 0.29) is 17.7 Å². The van der Waals surface area contributed by atoms with Crippen molar-refractivity contribution in [2.45, 2.75) is 44.6 Å². The van der Waals surface area contributed by atoms with E-state index in [1.54, 1.807) is 36.5 Å². The van der Waals surface area contributed by atoms with E-state index in [0.29, 0.717) is 23.4 Å². The van der Waals surface area contributed by atoms with E-state index >= 15 is 0 Å². The molecule has 0 bridgehead atoms. The van der Waals surface area contributed by atoms with Crippen LogP contribution in [0.25, 0.3) is 0 Å². The number of esters is 1. The van der Waals surface area contributed by atoms with Gasteiger partial charge in [-0.05, 0) is 46.4 Å². The number of rotatable bonds is 5. The Kier molecular flexibility index (Phi) is 6.17. The van der Waals surface area contributed by atoms with Gasteiger partial charge in [-0.25, -0.2) is 4.79 Å². The number of benzene rings is 2. The first-order chi connectivity index (χ1) is 16.2. The third kappa shape index (κ3) is 4.04. The fraction of sp³-hybridized carbons (Fsp3) is 0.321. The number of aromatic nitrogens is 1. The number of nitrogens with zero attached hydrogens (tertiary/aromatic N) is 2. The third-order valence-electron chi connectivity index (χ3n) is 6.39. The van der Waals surface area contributed by atoms with Gasteiger partial charge in [-0.1, -0.05) is 51.1 Å². The molecule has 4 rings (SSSR count). The zero-order valence-electron chi connectivity index (χ0n) is 20.3. The van der Waals surface area contributed by atoms with Crippen LogP contribution in [0, 0.1) is 0 Å². The molecule has 1 aliphatic heterocycles. The lowest BCUT2D eigenvalue weighted by Gasteiger charge is -2.36. The van der Waals surface area contributed by atoms with Crippen molar-refractivity contribution in [1.29, 1.82) is 0 Å². The normalized spacial score (nSPS) is 17.3. The van der Waals surface area contributed by atoms with Gasteiger partial charge >= 0.3 is 5.97 Å². The van der Waals surface area contributed by atoms with Gasteiger partial charge in [-0.3, -0.25) is 14.7 Å². The maximum Gasteiger partial charge on any atom is 0.332 e. The van der Waals surface area contributed by atoms with Crippen molar-refractivity contribution in [2.75, 3.05) is 19.1 Å². The van der Waals surface area contributed by atoms with Gasteiger partial charge in [0.1, 0.15) is 5.75 Å². The molecule has 3 aromatic rings. The molecule has 0 spiro atoms. The second-order valence-electron chi connectivity index (χ2n) is 9.67. The number of methoxy groups -OCH3 is 2. The number of amides is 1.